The van der Waals surface area contributed by atoms with E-state index in [2.05, 4.69) is 37.4 Å². The third-order valence-electron chi connectivity index (χ3n) is 4.40. The minimum Gasteiger partial charge on any atom is -0.332 e. The van der Waals surface area contributed by atoms with Crippen molar-refractivity contribution in [1.29, 1.82) is 0 Å². The molecule has 1 aromatic rings. The summed E-state index contributed by atoms with van der Waals surface area (Å²) in [6.07, 6.45) is 2.36. The number of benzene rings is 1. The van der Waals surface area contributed by atoms with Crippen molar-refractivity contribution < 1.29 is 4.79 Å². The maximum absolute atomic E-state index is 12.4. The molecule has 0 atom stereocenters. The van der Waals surface area contributed by atoms with Crippen molar-refractivity contribution >= 4 is 5.91 Å². The van der Waals surface area contributed by atoms with E-state index >= 15 is 0 Å². The van der Waals surface area contributed by atoms with Crippen molar-refractivity contribution in [3.05, 3.63) is 34.9 Å². The third kappa shape index (κ3) is 2.27. The van der Waals surface area contributed by atoms with Crippen LogP contribution in [0.5, 0.6) is 0 Å². The summed E-state index contributed by atoms with van der Waals surface area (Å²) in [6.45, 7) is 7.12. The minimum absolute atomic E-state index is 0.209. The van der Waals surface area contributed by atoms with Crippen molar-refractivity contribution in [2.75, 3.05) is 13.1 Å². The van der Waals surface area contributed by atoms with Crippen LogP contribution in [-0.4, -0.2) is 29.9 Å². The van der Waals surface area contributed by atoms with Gasteiger partial charge in [-0.1, -0.05) is 12.1 Å². The van der Waals surface area contributed by atoms with E-state index in [4.69, 9.17) is 0 Å². The molecule has 19 heavy (non-hydrogen) atoms. The number of hydrogen-bond acceptors (Lipinski definition) is 2. The number of nitrogens with one attached hydrogen (secondary N) is 1. The molecule has 0 radical (unpaired) electrons. The number of carbonyl (C=O) groups excluding carboxylic acids is 1. The quantitative estimate of drug-likeness (QED) is 0.884. The molecule has 1 saturated heterocycles. The van der Waals surface area contributed by atoms with Crippen molar-refractivity contribution in [3.63, 3.8) is 0 Å². The molecule has 3 heteroatoms. The Labute approximate surface area is 115 Å². The first-order valence-electron chi connectivity index (χ1n) is 7.31. The van der Waals surface area contributed by atoms with Gasteiger partial charge in [0, 0.05) is 18.2 Å². The summed E-state index contributed by atoms with van der Waals surface area (Å²) in [7, 11) is 0. The lowest BCUT2D eigenvalue weighted by Gasteiger charge is -2.23. The topological polar surface area (TPSA) is 32.3 Å². The molecule has 1 amide bonds. The summed E-state index contributed by atoms with van der Waals surface area (Å²) in [5.41, 5.74) is 3.47. The van der Waals surface area contributed by atoms with Crippen LogP contribution >= 0.6 is 0 Å². The average molecular weight is 258 g/mol. The summed E-state index contributed by atoms with van der Waals surface area (Å²) < 4.78 is 0. The monoisotopic (exact) mass is 258 g/mol. The number of hydrogen-bond donors (Lipinski definition) is 1. The molecular weight excluding hydrogens is 236 g/mol. The highest BCUT2D eigenvalue weighted by Gasteiger charge is 2.29. The molecule has 1 fully saturated rings. The molecule has 1 N–H and O–H groups in total. The molecule has 3 nitrogen and oxygen atoms in total. The lowest BCUT2D eigenvalue weighted by atomic mass is 9.88. The van der Waals surface area contributed by atoms with Crippen LogP contribution in [0.25, 0.3) is 0 Å². The first-order valence-corrected chi connectivity index (χ1v) is 7.31. The van der Waals surface area contributed by atoms with E-state index in [1.807, 2.05) is 4.90 Å². The van der Waals surface area contributed by atoms with E-state index in [1.165, 1.54) is 24.0 Å². The van der Waals surface area contributed by atoms with Gasteiger partial charge in [0.05, 0.1) is 0 Å². The number of fused-ring (bicyclic) bond motifs is 1. The van der Waals surface area contributed by atoms with Gasteiger partial charge in [0.25, 0.3) is 5.91 Å². The lowest BCUT2D eigenvalue weighted by molar-refractivity contribution is 0.0730. The molecule has 2 heterocycles. The Hall–Kier alpha value is -1.35. The number of rotatable bonds is 2. The highest BCUT2D eigenvalue weighted by Crippen LogP contribution is 2.31. The standard InChI is InChI=1S/C16H22N2O/c1-11(2)18-10-14-4-3-13(9-15(14)16(18)19)12-5-7-17-8-6-12/h3-4,9,11-12,17H,5-8,10H2,1-2H3. The predicted molar refractivity (Wildman–Crippen MR) is 76.3 cm³/mol. The van der Waals surface area contributed by atoms with Crippen LogP contribution in [0.2, 0.25) is 0 Å². The Bertz CT molecular complexity index is 490. The minimum atomic E-state index is 0.209. The number of carbonyl (C=O) groups is 1. The molecule has 2 aliphatic rings. The predicted octanol–water partition coefficient (Wildman–Crippen LogP) is 2.52. The third-order valence-corrected chi connectivity index (χ3v) is 4.40. The zero-order valence-electron chi connectivity index (χ0n) is 11.8. The molecule has 0 bridgehead atoms. The Morgan fingerprint density at radius 3 is 2.68 bits per heavy atom. The van der Waals surface area contributed by atoms with Gasteiger partial charge in [-0.25, -0.2) is 0 Å². The van der Waals surface area contributed by atoms with Gasteiger partial charge in [-0.2, -0.15) is 0 Å². The Morgan fingerprint density at radius 1 is 1.26 bits per heavy atom. The Morgan fingerprint density at radius 2 is 2.00 bits per heavy atom. The molecule has 0 aliphatic carbocycles. The van der Waals surface area contributed by atoms with Gasteiger partial charge in [-0.05, 0) is 62.9 Å². The SMILES string of the molecule is CC(C)N1Cc2ccc(C3CCNCC3)cc2C1=O. The van der Waals surface area contributed by atoms with Gasteiger partial charge < -0.3 is 10.2 Å². The van der Waals surface area contributed by atoms with Crippen LogP contribution in [-0.2, 0) is 6.54 Å². The van der Waals surface area contributed by atoms with Gasteiger partial charge in [-0.15, -0.1) is 0 Å². The number of nitrogens with zero attached hydrogens (tertiary/aromatic N) is 1. The molecule has 1 aromatic carbocycles. The van der Waals surface area contributed by atoms with Crippen LogP contribution in [0.3, 0.4) is 0 Å². The molecule has 0 spiro atoms. The molecule has 0 saturated carbocycles. The first-order chi connectivity index (χ1) is 9.16. The van der Waals surface area contributed by atoms with Crippen LogP contribution in [0.1, 0.15) is 54.1 Å². The van der Waals surface area contributed by atoms with Crippen LogP contribution in [0.15, 0.2) is 18.2 Å². The van der Waals surface area contributed by atoms with E-state index in [0.717, 1.165) is 25.2 Å². The molecular formula is C16H22N2O. The van der Waals surface area contributed by atoms with Gasteiger partial charge >= 0.3 is 0 Å². The zero-order chi connectivity index (χ0) is 13.4. The largest absolute Gasteiger partial charge is 0.332 e. The van der Waals surface area contributed by atoms with Crippen LogP contribution in [0, 0.1) is 0 Å². The normalized spacial score (nSPS) is 20.2. The second-order valence-electron chi connectivity index (χ2n) is 5.97. The van der Waals surface area contributed by atoms with E-state index in [9.17, 15) is 4.79 Å². The van der Waals surface area contributed by atoms with Crippen molar-refractivity contribution in [1.82, 2.24) is 10.2 Å². The maximum Gasteiger partial charge on any atom is 0.254 e. The fraction of sp³-hybridized carbons (Fsp3) is 0.562. The summed E-state index contributed by atoms with van der Waals surface area (Å²) in [4.78, 5) is 14.3. The van der Waals surface area contributed by atoms with Gasteiger partial charge in [0.15, 0.2) is 0 Å². The Kier molecular flexibility index (Phi) is 3.31. The van der Waals surface area contributed by atoms with Crippen molar-refractivity contribution in [2.24, 2.45) is 0 Å². The lowest BCUT2D eigenvalue weighted by Crippen LogP contribution is -2.30. The molecule has 2 aliphatic heterocycles. The van der Waals surface area contributed by atoms with Crippen molar-refractivity contribution in [3.8, 4) is 0 Å². The zero-order valence-corrected chi connectivity index (χ0v) is 11.8. The highest BCUT2D eigenvalue weighted by atomic mass is 16.2. The summed E-state index contributed by atoms with van der Waals surface area (Å²) >= 11 is 0. The maximum atomic E-state index is 12.4. The van der Waals surface area contributed by atoms with Crippen LogP contribution in [0.4, 0.5) is 0 Å². The number of piperidine rings is 1. The fourth-order valence-corrected chi connectivity index (χ4v) is 3.17. The highest BCUT2D eigenvalue weighted by molar-refractivity contribution is 5.98. The molecule has 102 valence electrons. The average Bonchev–Trinajstić information content (AvgIpc) is 2.77. The fourth-order valence-electron chi connectivity index (χ4n) is 3.17. The molecule has 0 aromatic heterocycles. The Balaban J connectivity index is 1.87. The van der Waals surface area contributed by atoms with Gasteiger partial charge in [0.1, 0.15) is 0 Å². The van der Waals surface area contributed by atoms with Crippen molar-refractivity contribution in [2.45, 2.75) is 45.2 Å². The van der Waals surface area contributed by atoms with E-state index in [1.54, 1.807) is 0 Å². The summed E-state index contributed by atoms with van der Waals surface area (Å²) in [5.74, 6) is 0.827. The van der Waals surface area contributed by atoms with Gasteiger partial charge in [-0.3, -0.25) is 4.79 Å². The first kappa shape index (κ1) is 12.7. The summed E-state index contributed by atoms with van der Waals surface area (Å²) in [6, 6.07) is 6.82. The summed E-state index contributed by atoms with van der Waals surface area (Å²) in [5, 5.41) is 3.39. The van der Waals surface area contributed by atoms with Gasteiger partial charge in [0.2, 0.25) is 0 Å². The van der Waals surface area contributed by atoms with Crippen LogP contribution < -0.4 is 5.32 Å². The van der Waals surface area contributed by atoms with E-state index < -0.39 is 0 Å². The van der Waals surface area contributed by atoms with E-state index in [-0.39, 0.29) is 11.9 Å². The molecule has 3 rings (SSSR count). The van der Waals surface area contributed by atoms with E-state index in [0.29, 0.717) is 5.92 Å². The second kappa shape index (κ2) is 4.97. The number of amides is 1. The smallest absolute Gasteiger partial charge is 0.254 e. The molecule has 0 unspecified atom stereocenters. The second-order valence-corrected chi connectivity index (χ2v) is 5.97.